The number of allylic oxidation sites excluding steroid dienone is 2. The normalized spacial score (nSPS) is 22.6. The monoisotopic (exact) mass is 518 g/mol. The molecule has 0 N–H and O–H groups in total. The minimum Gasteiger partial charge on any atom is -0.466 e. The molecule has 6 nitrogen and oxygen atoms in total. The molecule has 2 saturated carbocycles. The smallest absolute Gasteiger partial charge is 0.309 e. The van der Waals surface area contributed by atoms with Crippen molar-refractivity contribution in [3.63, 3.8) is 0 Å². The van der Waals surface area contributed by atoms with E-state index in [4.69, 9.17) is 9.47 Å². The van der Waals surface area contributed by atoms with Crippen molar-refractivity contribution in [2.24, 2.45) is 11.8 Å². The zero-order chi connectivity index (χ0) is 27.7. The molecule has 0 aliphatic heterocycles. The number of esters is 2. The molecule has 2 aromatic rings. The SMILES string of the molecule is C=CC[C@H](C)c1cc([C@@H]2C[C@@H]2C(=O)OCC)ccn1.C=CC[C@H](C)c1cc([C@H]2C[C@H]2C(=O)OCC)ccn1. The summed E-state index contributed by atoms with van der Waals surface area (Å²) in [6, 6.07) is 8.26. The largest absolute Gasteiger partial charge is 0.466 e. The average molecular weight is 519 g/mol. The lowest BCUT2D eigenvalue weighted by Gasteiger charge is -2.09. The summed E-state index contributed by atoms with van der Waals surface area (Å²) < 4.78 is 10.1. The van der Waals surface area contributed by atoms with E-state index in [2.05, 4.69) is 49.1 Å². The molecule has 204 valence electrons. The predicted molar refractivity (Wildman–Crippen MR) is 150 cm³/mol. The van der Waals surface area contributed by atoms with Crippen molar-refractivity contribution in [1.29, 1.82) is 0 Å². The second-order valence-corrected chi connectivity index (χ2v) is 10.3. The summed E-state index contributed by atoms with van der Waals surface area (Å²) in [6.07, 6.45) is 11.1. The van der Waals surface area contributed by atoms with Crippen LogP contribution in [0.25, 0.3) is 0 Å². The number of hydrogen-bond donors (Lipinski definition) is 0. The summed E-state index contributed by atoms with van der Waals surface area (Å²) in [7, 11) is 0. The van der Waals surface area contributed by atoms with Gasteiger partial charge in [0, 0.05) is 35.6 Å². The van der Waals surface area contributed by atoms with E-state index in [0.717, 1.165) is 37.1 Å². The highest BCUT2D eigenvalue weighted by Crippen LogP contribution is 2.49. The Balaban J connectivity index is 0.000000211. The summed E-state index contributed by atoms with van der Waals surface area (Å²) >= 11 is 0. The summed E-state index contributed by atoms with van der Waals surface area (Å²) in [5, 5.41) is 0. The number of rotatable bonds is 12. The van der Waals surface area contributed by atoms with Crippen LogP contribution in [-0.2, 0) is 19.1 Å². The van der Waals surface area contributed by atoms with Gasteiger partial charge >= 0.3 is 11.9 Å². The molecule has 6 heteroatoms. The lowest BCUT2D eigenvalue weighted by atomic mass is 10.00. The second kappa shape index (κ2) is 14.0. The van der Waals surface area contributed by atoms with E-state index in [-0.39, 0.29) is 23.8 Å². The van der Waals surface area contributed by atoms with E-state index in [1.54, 1.807) is 0 Å². The molecule has 2 aliphatic rings. The average Bonchev–Trinajstić information content (AvgIpc) is 3.84. The minimum atomic E-state index is -0.0648. The van der Waals surface area contributed by atoms with Crippen LogP contribution in [0.4, 0.5) is 0 Å². The van der Waals surface area contributed by atoms with Gasteiger partial charge in [-0.15, -0.1) is 13.2 Å². The molecule has 0 spiro atoms. The van der Waals surface area contributed by atoms with Crippen molar-refractivity contribution in [2.75, 3.05) is 13.2 Å². The molecule has 6 atom stereocenters. The highest BCUT2D eigenvalue weighted by Gasteiger charge is 2.46. The number of aromatic nitrogens is 2. The summed E-state index contributed by atoms with van der Waals surface area (Å²) in [5.74, 6) is 1.34. The zero-order valence-electron chi connectivity index (χ0n) is 23.3. The molecular formula is C32H42N2O4. The molecule has 2 fully saturated rings. The number of pyridine rings is 2. The maximum atomic E-state index is 11.7. The number of ether oxygens (including phenoxy) is 2. The fraction of sp³-hybridized carbons (Fsp3) is 0.500. The fourth-order valence-corrected chi connectivity index (χ4v) is 4.82. The van der Waals surface area contributed by atoms with Gasteiger partial charge in [-0.3, -0.25) is 19.6 Å². The van der Waals surface area contributed by atoms with Crippen LogP contribution in [0.2, 0.25) is 0 Å². The van der Waals surface area contributed by atoms with E-state index >= 15 is 0 Å². The van der Waals surface area contributed by atoms with Crippen LogP contribution in [0.1, 0.15) is 99.6 Å². The first-order valence-electron chi connectivity index (χ1n) is 13.8. The van der Waals surface area contributed by atoms with Gasteiger partial charge in [0.1, 0.15) is 0 Å². The Morgan fingerprint density at radius 3 is 1.58 bits per heavy atom. The van der Waals surface area contributed by atoms with Crippen LogP contribution in [0, 0.1) is 11.8 Å². The predicted octanol–water partition coefficient (Wildman–Crippen LogP) is 6.86. The second-order valence-electron chi connectivity index (χ2n) is 10.3. The van der Waals surface area contributed by atoms with E-state index in [0.29, 0.717) is 36.9 Å². The molecular weight excluding hydrogens is 476 g/mol. The molecule has 0 radical (unpaired) electrons. The Kier molecular flexibility index (Phi) is 10.8. The van der Waals surface area contributed by atoms with Gasteiger partial charge in [-0.25, -0.2) is 0 Å². The summed E-state index contributed by atoms with van der Waals surface area (Å²) in [5.41, 5.74) is 4.57. The molecule has 2 aromatic heterocycles. The first-order valence-corrected chi connectivity index (χ1v) is 13.8. The summed E-state index contributed by atoms with van der Waals surface area (Å²) in [4.78, 5) is 32.1. The number of hydrogen-bond acceptors (Lipinski definition) is 6. The van der Waals surface area contributed by atoms with Crippen LogP contribution in [-0.4, -0.2) is 35.1 Å². The molecule has 0 amide bonds. The lowest BCUT2D eigenvalue weighted by Crippen LogP contribution is -2.07. The van der Waals surface area contributed by atoms with Gasteiger partial charge in [-0.1, -0.05) is 26.0 Å². The third-order valence-corrected chi connectivity index (χ3v) is 7.28. The quantitative estimate of drug-likeness (QED) is 0.226. The zero-order valence-corrected chi connectivity index (χ0v) is 23.3. The topological polar surface area (TPSA) is 78.4 Å². The standard InChI is InChI=1S/2C16H21NO2/c2*1-4-6-11(3)15-9-12(7-8-17-15)13-10-14(13)16(18)19-5-2/h2*4,7-9,11,13-14H,1,5-6,10H2,2-3H3/t11-,13+,14+;11-,13-,14-/m00/s1. The van der Waals surface area contributed by atoms with Crippen molar-refractivity contribution in [3.8, 4) is 0 Å². The molecule has 38 heavy (non-hydrogen) atoms. The van der Waals surface area contributed by atoms with Gasteiger partial charge in [0.25, 0.3) is 0 Å². The fourth-order valence-electron chi connectivity index (χ4n) is 4.82. The Morgan fingerprint density at radius 2 is 1.24 bits per heavy atom. The first-order chi connectivity index (χ1) is 18.3. The van der Waals surface area contributed by atoms with Gasteiger partial charge in [-0.05, 0) is 86.8 Å². The van der Waals surface area contributed by atoms with Gasteiger partial charge < -0.3 is 9.47 Å². The van der Waals surface area contributed by atoms with Gasteiger partial charge in [0.15, 0.2) is 0 Å². The van der Waals surface area contributed by atoms with Crippen LogP contribution in [0.3, 0.4) is 0 Å². The highest BCUT2D eigenvalue weighted by atomic mass is 16.5. The Morgan fingerprint density at radius 1 is 0.842 bits per heavy atom. The van der Waals surface area contributed by atoms with Gasteiger partial charge in [0.05, 0.1) is 25.0 Å². The van der Waals surface area contributed by atoms with Crippen LogP contribution in [0.15, 0.2) is 62.0 Å². The van der Waals surface area contributed by atoms with Crippen molar-refractivity contribution in [3.05, 3.63) is 84.5 Å². The Labute approximate surface area is 227 Å². The highest BCUT2D eigenvalue weighted by molar-refractivity contribution is 5.77. The molecule has 4 rings (SSSR count). The number of carbonyl (C=O) groups excluding carboxylic acids is 2. The van der Waals surface area contributed by atoms with Crippen molar-refractivity contribution in [1.82, 2.24) is 9.97 Å². The molecule has 0 bridgehead atoms. The molecule has 0 saturated heterocycles. The third-order valence-electron chi connectivity index (χ3n) is 7.28. The van der Waals surface area contributed by atoms with E-state index in [1.807, 2.05) is 50.5 Å². The number of nitrogens with zero attached hydrogens (tertiary/aromatic N) is 2. The molecule has 2 heterocycles. The van der Waals surface area contributed by atoms with E-state index < -0.39 is 0 Å². The molecule has 2 aliphatic carbocycles. The lowest BCUT2D eigenvalue weighted by molar-refractivity contribution is -0.145. The Bertz CT molecular complexity index is 1030. The first kappa shape index (κ1) is 29.3. The Hall–Kier alpha value is -3.28. The van der Waals surface area contributed by atoms with Crippen LogP contribution >= 0.6 is 0 Å². The maximum Gasteiger partial charge on any atom is 0.309 e. The maximum absolute atomic E-state index is 11.7. The number of carbonyl (C=O) groups is 2. The third kappa shape index (κ3) is 7.86. The van der Waals surface area contributed by atoms with Gasteiger partial charge in [-0.2, -0.15) is 0 Å². The van der Waals surface area contributed by atoms with Crippen LogP contribution < -0.4 is 0 Å². The van der Waals surface area contributed by atoms with E-state index in [1.165, 1.54) is 11.1 Å². The van der Waals surface area contributed by atoms with Crippen molar-refractivity contribution < 1.29 is 19.1 Å². The van der Waals surface area contributed by atoms with Crippen molar-refractivity contribution in [2.45, 2.75) is 77.0 Å². The van der Waals surface area contributed by atoms with Crippen molar-refractivity contribution >= 4 is 11.9 Å². The molecule has 0 unspecified atom stereocenters. The minimum absolute atomic E-state index is 0.0462. The molecule has 0 aromatic carbocycles. The van der Waals surface area contributed by atoms with Gasteiger partial charge in [0.2, 0.25) is 0 Å². The van der Waals surface area contributed by atoms with Crippen LogP contribution in [0.5, 0.6) is 0 Å². The summed E-state index contributed by atoms with van der Waals surface area (Å²) in [6.45, 7) is 16.4. The van der Waals surface area contributed by atoms with E-state index in [9.17, 15) is 9.59 Å².